The third kappa shape index (κ3) is 4.77. The minimum atomic E-state index is -0.428. The largest absolute Gasteiger partial charge is 0.356 e. The van der Waals surface area contributed by atoms with Crippen molar-refractivity contribution in [2.75, 3.05) is 32.8 Å². The maximum absolute atomic E-state index is 12.8. The van der Waals surface area contributed by atoms with E-state index in [1.807, 2.05) is 4.90 Å². The third-order valence-corrected chi connectivity index (χ3v) is 6.12. The number of hydrogen-bond donors (Lipinski definition) is 1. The van der Waals surface area contributed by atoms with Gasteiger partial charge in [0.05, 0.1) is 13.2 Å². The van der Waals surface area contributed by atoms with E-state index < -0.39 is 5.79 Å². The summed E-state index contributed by atoms with van der Waals surface area (Å²) >= 11 is 0. The van der Waals surface area contributed by atoms with Crippen molar-refractivity contribution in [3.05, 3.63) is 0 Å². The van der Waals surface area contributed by atoms with Gasteiger partial charge in [0.1, 0.15) is 0 Å². The molecule has 3 aliphatic rings. The van der Waals surface area contributed by atoms with E-state index in [2.05, 4.69) is 19.2 Å². The predicted molar refractivity (Wildman–Crippen MR) is 98.4 cm³/mol. The molecule has 26 heavy (non-hydrogen) atoms. The van der Waals surface area contributed by atoms with E-state index in [9.17, 15) is 9.59 Å². The van der Waals surface area contributed by atoms with Gasteiger partial charge >= 0.3 is 0 Å². The van der Waals surface area contributed by atoms with Crippen molar-refractivity contribution >= 4 is 11.8 Å². The summed E-state index contributed by atoms with van der Waals surface area (Å²) in [5.41, 5.74) is 0. The maximum Gasteiger partial charge on any atom is 0.225 e. The molecule has 1 aliphatic carbocycles. The number of ether oxygens (including phenoxy) is 2. The van der Waals surface area contributed by atoms with Gasteiger partial charge in [-0.3, -0.25) is 9.59 Å². The van der Waals surface area contributed by atoms with E-state index in [-0.39, 0.29) is 23.7 Å². The topological polar surface area (TPSA) is 67.9 Å². The summed E-state index contributed by atoms with van der Waals surface area (Å²) in [5, 5.41) is 3.06. The first-order valence-corrected chi connectivity index (χ1v) is 10.3. The summed E-state index contributed by atoms with van der Waals surface area (Å²) in [7, 11) is 0. The number of rotatable bonds is 5. The lowest BCUT2D eigenvalue weighted by molar-refractivity contribution is -0.188. The smallest absolute Gasteiger partial charge is 0.225 e. The zero-order valence-electron chi connectivity index (χ0n) is 16.3. The molecular formula is C20H34N2O4. The number of piperidine rings is 1. The average Bonchev–Trinajstić information content (AvgIpc) is 3.09. The van der Waals surface area contributed by atoms with Gasteiger partial charge in [-0.2, -0.15) is 0 Å². The van der Waals surface area contributed by atoms with Gasteiger partial charge in [0.2, 0.25) is 11.8 Å². The van der Waals surface area contributed by atoms with E-state index in [0.29, 0.717) is 32.2 Å². The molecule has 1 N–H and O–H groups in total. The summed E-state index contributed by atoms with van der Waals surface area (Å²) in [4.78, 5) is 27.1. The van der Waals surface area contributed by atoms with E-state index in [4.69, 9.17) is 9.47 Å². The highest BCUT2D eigenvalue weighted by atomic mass is 16.7. The Morgan fingerprint density at radius 3 is 2.19 bits per heavy atom. The lowest BCUT2D eigenvalue weighted by Gasteiger charge is -2.39. The summed E-state index contributed by atoms with van der Waals surface area (Å²) in [6, 6.07) is 0. The van der Waals surface area contributed by atoms with Crippen molar-refractivity contribution in [3.8, 4) is 0 Å². The van der Waals surface area contributed by atoms with Crippen LogP contribution < -0.4 is 5.32 Å². The van der Waals surface area contributed by atoms with Gasteiger partial charge in [0.15, 0.2) is 5.79 Å². The van der Waals surface area contributed by atoms with E-state index in [0.717, 1.165) is 51.5 Å². The molecule has 0 atom stereocenters. The highest BCUT2D eigenvalue weighted by molar-refractivity contribution is 5.81. The van der Waals surface area contributed by atoms with Crippen LogP contribution in [0.1, 0.15) is 58.8 Å². The standard InChI is InChI=1S/C20H34N2O4/c1-15(2)7-10-21-18(23)16-3-5-17(6-4-16)19(24)22-11-8-20(9-12-22)25-13-14-26-20/h15-17H,3-14H2,1-2H3,(H,21,23). The molecule has 2 aliphatic heterocycles. The first-order valence-electron chi connectivity index (χ1n) is 10.3. The quantitative estimate of drug-likeness (QED) is 0.811. The second kappa shape index (κ2) is 8.70. The van der Waals surface area contributed by atoms with Crippen LogP contribution in [0.3, 0.4) is 0 Å². The fourth-order valence-electron chi connectivity index (χ4n) is 4.34. The predicted octanol–water partition coefficient (Wildman–Crippen LogP) is 2.32. The Bertz CT molecular complexity index is 484. The molecule has 6 nitrogen and oxygen atoms in total. The van der Waals surface area contributed by atoms with Crippen molar-refractivity contribution in [2.45, 2.75) is 64.6 Å². The Hall–Kier alpha value is -1.14. The molecule has 0 unspecified atom stereocenters. The Kier molecular flexibility index (Phi) is 6.56. The summed E-state index contributed by atoms with van der Waals surface area (Å²) in [5.74, 6) is 0.767. The van der Waals surface area contributed by atoms with Crippen molar-refractivity contribution in [3.63, 3.8) is 0 Å². The number of hydrogen-bond acceptors (Lipinski definition) is 4. The molecule has 3 rings (SSSR count). The minimum absolute atomic E-state index is 0.0779. The van der Waals surface area contributed by atoms with Gasteiger partial charge in [0, 0.05) is 44.3 Å². The minimum Gasteiger partial charge on any atom is -0.356 e. The number of likely N-dealkylation sites (tertiary alicyclic amines) is 1. The van der Waals surface area contributed by atoms with Crippen molar-refractivity contribution < 1.29 is 19.1 Å². The highest BCUT2D eigenvalue weighted by Gasteiger charge is 2.42. The molecule has 2 saturated heterocycles. The van der Waals surface area contributed by atoms with E-state index >= 15 is 0 Å². The van der Waals surface area contributed by atoms with Gasteiger partial charge in [-0.05, 0) is 38.0 Å². The van der Waals surface area contributed by atoms with Gasteiger partial charge < -0.3 is 19.7 Å². The Balaban J connectivity index is 1.39. The van der Waals surface area contributed by atoms with Crippen LogP contribution in [-0.4, -0.2) is 55.3 Å². The molecule has 0 aromatic rings. The van der Waals surface area contributed by atoms with Crippen LogP contribution in [0.2, 0.25) is 0 Å². The van der Waals surface area contributed by atoms with Crippen molar-refractivity contribution in [1.29, 1.82) is 0 Å². The Morgan fingerprint density at radius 2 is 1.62 bits per heavy atom. The van der Waals surface area contributed by atoms with Crippen LogP contribution in [0.15, 0.2) is 0 Å². The van der Waals surface area contributed by atoms with Crippen molar-refractivity contribution in [1.82, 2.24) is 10.2 Å². The lowest BCUT2D eigenvalue weighted by atomic mass is 9.80. The van der Waals surface area contributed by atoms with Crippen LogP contribution in [0.4, 0.5) is 0 Å². The second-order valence-corrected chi connectivity index (χ2v) is 8.45. The molecule has 3 fully saturated rings. The number of carbonyl (C=O) groups excluding carboxylic acids is 2. The Labute approximate surface area is 157 Å². The molecule has 1 saturated carbocycles. The van der Waals surface area contributed by atoms with E-state index in [1.165, 1.54) is 0 Å². The molecule has 2 amide bonds. The number of amides is 2. The monoisotopic (exact) mass is 366 g/mol. The summed E-state index contributed by atoms with van der Waals surface area (Å²) in [6.45, 7) is 7.85. The molecule has 0 aromatic heterocycles. The molecule has 148 valence electrons. The third-order valence-electron chi connectivity index (χ3n) is 6.12. The second-order valence-electron chi connectivity index (χ2n) is 8.45. The zero-order chi connectivity index (χ0) is 18.6. The lowest BCUT2D eigenvalue weighted by Crippen LogP contribution is -2.49. The fourth-order valence-corrected chi connectivity index (χ4v) is 4.34. The van der Waals surface area contributed by atoms with Gasteiger partial charge in [0.25, 0.3) is 0 Å². The SMILES string of the molecule is CC(C)CCNC(=O)C1CCC(C(=O)N2CCC3(CC2)OCCO3)CC1. The fraction of sp³-hybridized carbons (Fsp3) is 0.900. The first kappa shape index (κ1) is 19.6. The number of nitrogens with one attached hydrogen (secondary N) is 1. The molecule has 6 heteroatoms. The van der Waals surface area contributed by atoms with Gasteiger partial charge in [-0.1, -0.05) is 13.8 Å². The Morgan fingerprint density at radius 1 is 1.04 bits per heavy atom. The average molecular weight is 367 g/mol. The van der Waals surface area contributed by atoms with Crippen LogP contribution in [-0.2, 0) is 19.1 Å². The summed E-state index contributed by atoms with van der Waals surface area (Å²) in [6.07, 6.45) is 5.87. The van der Waals surface area contributed by atoms with Crippen LogP contribution in [0, 0.1) is 17.8 Å². The van der Waals surface area contributed by atoms with Crippen molar-refractivity contribution in [2.24, 2.45) is 17.8 Å². The van der Waals surface area contributed by atoms with Crippen LogP contribution in [0.25, 0.3) is 0 Å². The maximum atomic E-state index is 12.8. The molecule has 1 spiro atoms. The van der Waals surface area contributed by atoms with Gasteiger partial charge in [-0.15, -0.1) is 0 Å². The number of carbonyl (C=O) groups is 2. The van der Waals surface area contributed by atoms with Crippen LogP contribution in [0.5, 0.6) is 0 Å². The van der Waals surface area contributed by atoms with Gasteiger partial charge in [-0.25, -0.2) is 0 Å². The molecular weight excluding hydrogens is 332 g/mol. The summed E-state index contributed by atoms with van der Waals surface area (Å²) < 4.78 is 11.5. The molecule has 0 aromatic carbocycles. The van der Waals surface area contributed by atoms with E-state index in [1.54, 1.807) is 0 Å². The number of nitrogens with zero attached hydrogens (tertiary/aromatic N) is 1. The molecule has 0 bridgehead atoms. The highest BCUT2D eigenvalue weighted by Crippen LogP contribution is 2.34. The molecule has 0 radical (unpaired) electrons. The zero-order valence-corrected chi connectivity index (χ0v) is 16.3. The normalized spacial score (nSPS) is 28.5. The first-order chi connectivity index (χ1) is 12.5. The molecule has 2 heterocycles. The van der Waals surface area contributed by atoms with Crippen LogP contribution >= 0.6 is 0 Å².